The molecule has 1 atom stereocenters. The average Bonchev–Trinajstić information content (AvgIpc) is 1.55. The van der Waals surface area contributed by atoms with Gasteiger partial charge in [-0.3, -0.25) is 0 Å². The SMILES string of the molecule is CC1(C)c2ccccc2-c2ccc(C(c3ccc4c(c3)C3(c5ccccc5O4)c4ccccc4-c4ccccc43)c3cccc4oc5ccccc5c34)cc21.CC1(C)c2ccccc2-c2ccc(Nc3cccc4oc5ccccc5c34)cc21.Clc1ccc2c(c1)C1(c3ccccc3O2)c2ccccc2-c2ccccc21. The minimum absolute atomic E-state index is 0.00202. The van der Waals surface area contributed by atoms with Gasteiger partial charge in [0.25, 0.3) is 0 Å². The van der Waals surface area contributed by atoms with Crippen molar-refractivity contribution in [2.45, 2.75) is 55.3 Å². The number of benzene rings is 16. The molecule has 1 N–H and O–H groups in total. The Morgan fingerprint density at radius 3 is 1.16 bits per heavy atom. The van der Waals surface area contributed by atoms with Gasteiger partial charge < -0.3 is 23.6 Å². The second-order valence-electron chi connectivity index (χ2n) is 31.3. The molecular weight excluding hydrogens is 1370 g/mol. The van der Waals surface area contributed by atoms with Gasteiger partial charge in [0.2, 0.25) is 0 Å². The number of para-hydroxylation sites is 4. The van der Waals surface area contributed by atoms with Crippen LogP contribution in [0.2, 0.25) is 5.02 Å². The Morgan fingerprint density at radius 2 is 0.631 bits per heavy atom. The highest BCUT2D eigenvalue weighted by Crippen LogP contribution is 2.65. The molecule has 0 saturated heterocycles. The fourth-order valence-electron chi connectivity index (χ4n) is 20.2. The van der Waals surface area contributed by atoms with Gasteiger partial charge in [-0.05, 0) is 191 Å². The summed E-state index contributed by atoms with van der Waals surface area (Å²) in [4.78, 5) is 0. The largest absolute Gasteiger partial charge is 0.457 e. The maximum Gasteiger partial charge on any atom is 0.137 e. The number of hydrogen-bond acceptors (Lipinski definition) is 5. The fraction of sp³-hybridized carbons (Fsp3) is 0.0857. The van der Waals surface area contributed by atoms with Crippen LogP contribution in [0, 0.1) is 0 Å². The van der Waals surface area contributed by atoms with Crippen molar-refractivity contribution in [1.29, 1.82) is 0 Å². The predicted octanol–water partition coefficient (Wildman–Crippen LogP) is 28.0. The molecule has 0 bridgehead atoms. The van der Waals surface area contributed by atoms with Crippen molar-refractivity contribution < 1.29 is 18.3 Å². The molecule has 5 nitrogen and oxygen atoms in total. The van der Waals surface area contributed by atoms with E-state index in [2.05, 4.69) is 342 Å². The molecule has 6 heteroatoms. The third-order valence-electron chi connectivity index (χ3n) is 25.0. The van der Waals surface area contributed by atoms with Crippen molar-refractivity contribution in [1.82, 2.24) is 0 Å². The molecule has 4 heterocycles. The first-order valence-electron chi connectivity index (χ1n) is 38.4. The summed E-state index contributed by atoms with van der Waals surface area (Å²) < 4.78 is 25.7. The van der Waals surface area contributed by atoms with Crippen molar-refractivity contribution in [2.75, 3.05) is 5.32 Å². The maximum atomic E-state index is 6.86. The van der Waals surface area contributed by atoms with E-state index in [4.69, 9.17) is 29.9 Å². The molecule has 0 fully saturated rings. The molecule has 18 aromatic rings. The van der Waals surface area contributed by atoms with Crippen molar-refractivity contribution in [2.24, 2.45) is 0 Å². The van der Waals surface area contributed by atoms with Crippen LogP contribution in [0.1, 0.15) is 117 Å². The minimum atomic E-state index is -0.548. The topological polar surface area (TPSA) is 56.8 Å². The van der Waals surface area contributed by atoms with E-state index >= 15 is 0 Å². The molecule has 2 aliphatic heterocycles. The Balaban J connectivity index is 0.000000113. The number of anilines is 2. The molecule has 4 aliphatic carbocycles. The Kier molecular flexibility index (Phi) is 14.3. The average molecular weight is 1450 g/mol. The van der Waals surface area contributed by atoms with Gasteiger partial charge in [0, 0.05) is 65.9 Å². The van der Waals surface area contributed by atoms with E-state index in [1.807, 2.05) is 42.5 Å². The fourth-order valence-corrected chi connectivity index (χ4v) is 20.4. The molecule has 2 aromatic heterocycles. The van der Waals surface area contributed by atoms with Crippen molar-refractivity contribution in [3.63, 3.8) is 0 Å². The summed E-state index contributed by atoms with van der Waals surface area (Å²) >= 11 is 6.46. The Morgan fingerprint density at radius 1 is 0.270 bits per heavy atom. The van der Waals surface area contributed by atoms with Gasteiger partial charge in [-0.2, -0.15) is 0 Å². The lowest BCUT2D eigenvalue weighted by atomic mass is 9.65. The number of furan rings is 2. The number of ether oxygens (including phenoxy) is 2. The lowest BCUT2D eigenvalue weighted by Gasteiger charge is -2.40. The van der Waals surface area contributed by atoms with Crippen molar-refractivity contribution in [3.8, 4) is 67.5 Å². The third-order valence-corrected chi connectivity index (χ3v) is 25.2. The van der Waals surface area contributed by atoms with E-state index in [1.165, 1.54) is 117 Å². The van der Waals surface area contributed by atoms with Crippen molar-refractivity contribution >= 4 is 66.9 Å². The summed E-state index contributed by atoms with van der Waals surface area (Å²) in [5.41, 5.74) is 34.1. The molecular formula is C105H72ClNO4. The molecule has 111 heavy (non-hydrogen) atoms. The summed E-state index contributed by atoms with van der Waals surface area (Å²) in [5.74, 6) is 3.47. The summed E-state index contributed by atoms with van der Waals surface area (Å²) in [6.45, 7) is 9.36. The Labute approximate surface area is 649 Å². The van der Waals surface area contributed by atoms with Gasteiger partial charge in [0.15, 0.2) is 0 Å². The van der Waals surface area contributed by atoms with Crippen molar-refractivity contribution in [3.05, 3.63) is 440 Å². The molecule has 0 amide bonds. The smallest absolute Gasteiger partial charge is 0.137 e. The second-order valence-corrected chi connectivity index (χ2v) is 31.8. The van der Waals surface area contributed by atoms with Crippen LogP contribution in [0.15, 0.2) is 361 Å². The second kappa shape index (κ2) is 24.4. The normalized spacial score (nSPS) is 14.9. The van der Waals surface area contributed by atoms with E-state index in [-0.39, 0.29) is 16.7 Å². The first kappa shape index (κ1) is 64.9. The van der Waals surface area contributed by atoms with Gasteiger partial charge in [-0.1, -0.05) is 306 Å². The highest BCUT2D eigenvalue weighted by atomic mass is 35.5. The predicted molar refractivity (Wildman–Crippen MR) is 452 cm³/mol. The number of halogens is 1. The zero-order valence-corrected chi connectivity index (χ0v) is 62.3. The van der Waals surface area contributed by atoms with E-state index in [0.29, 0.717) is 0 Å². The van der Waals surface area contributed by atoms with Gasteiger partial charge in [0.1, 0.15) is 45.3 Å². The molecule has 6 aliphatic rings. The van der Waals surface area contributed by atoms with E-state index < -0.39 is 10.8 Å². The highest BCUT2D eigenvalue weighted by molar-refractivity contribution is 6.30. The summed E-state index contributed by atoms with van der Waals surface area (Å²) in [6.07, 6.45) is 0. The van der Waals surface area contributed by atoms with E-state index in [9.17, 15) is 0 Å². The van der Waals surface area contributed by atoms with E-state index in [0.717, 1.165) is 94.4 Å². The molecule has 528 valence electrons. The van der Waals surface area contributed by atoms with Crippen LogP contribution in [0.3, 0.4) is 0 Å². The lowest BCUT2D eigenvalue weighted by Crippen LogP contribution is -2.32. The van der Waals surface area contributed by atoms with Crippen LogP contribution in [-0.4, -0.2) is 0 Å². The zero-order chi connectivity index (χ0) is 74.1. The molecule has 24 rings (SSSR count). The molecule has 16 aromatic carbocycles. The standard InChI is InChI=1S/C53H36O2.C27H21NO.C25H15ClO/c1-52(2)40-19-7-3-14-34(40)37-28-26-32(30-44(37)52)50(39-18-13-25-49-51(39)38-17-6-11-23-46(38)54-49)33-27-29-48-45(31-33)53(43-22-10-12-24-47(43)55-48)41-20-8-4-15-35(41)36-16-5-9-21-42(36)53;1-27(2)21-10-5-3-8-18(21)19-15-14-17(16-22(19)27)28-23-11-7-13-25-26(23)20-9-4-6-12-24(20)29-25;26-16-13-14-24-22(15-16)25(21-11-5-6-12-23(21)27-24)19-9-3-1-7-17(19)18-8-2-4-10-20(18)25/h3-31,50H,1-2H3;3-16,28H,1-2H3;1-15H. The minimum Gasteiger partial charge on any atom is -0.457 e. The van der Waals surface area contributed by atoms with E-state index in [1.54, 1.807) is 0 Å². The lowest BCUT2D eigenvalue weighted by molar-refractivity contribution is 0.436. The van der Waals surface area contributed by atoms with Crippen LogP contribution in [-0.2, 0) is 21.7 Å². The molecule has 0 radical (unpaired) electrons. The molecule has 1 unspecified atom stereocenters. The number of hydrogen-bond donors (Lipinski definition) is 1. The van der Waals surface area contributed by atoms with Gasteiger partial charge >= 0.3 is 0 Å². The highest BCUT2D eigenvalue weighted by Gasteiger charge is 2.53. The Hall–Kier alpha value is -13.2. The zero-order valence-electron chi connectivity index (χ0n) is 61.6. The summed E-state index contributed by atoms with van der Waals surface area (Å²) in [5, 5.41) is 8.95. The summed E-state index contributed by atoms with van der Waals surface area (Å²) in [6, 6.07) is 126. The third kappa shape index (κ3) is 9.37. The number of nitrogens with one attached hydrogen (secondary N) is 1. The Bertz CT molecular complexity index is 6850. The quantitative estimate of drug-likeness (QED) is 0.174. The summed E-state index contributed by atoms with van der Waals surface area (Å²) in [7, 11) is 0. The van der Waals surface area contributed by atoms with Crippen LogP contribution in [0.5, 0.6) is 23.0 Å². The van der Waals surface area contributed by atoms with Crippen LogP contribution >= 0.6 is 11.6 Å². The van der Waals surface area contributed by atoms with Gasteiger partial charge in [0.05, 0.1) is 21.9 Å². The van der Waals surface area contributed by atoms with Gasteiger partial charge in [-0.15, -0.1) is 0 Å². The first-order valence-corrected chi connectivity index (χ1v) is 38.8. The van der Waals surface area contributed by atoms with Crippen LogP contribution < -0.4 is 14.8 Å². The number of fused-ring (bicyclic) bond motifs is 30. The maximum absolute atomic E-state index is 6.86. The van der Waals surface area contributed by atoms with Crippen LogP contribution in [0.25, 0.3) is 88.4 Å². The first-order chi connectivity index (χ1) is 54.5. The number of rotatable bonds is 5. The molecule has 2 spiro atoms. The monoisotopic (exact) mass is 1450 g/mol. The van der Waals surface area contributed by atoms with Gasteiger partial charge in [-0.25, -0.2) is 0 Å². The molecule has 0 saturated carbocycles. The van der Waals surface area contributed by atoms with Crippen LogP contribution in [0.4, 0.5) is 11.4 Å².